The summed E-state index contributed by atoms with van der Waals surface area (Å²) in [5.41, 5.74) is -0.0879. The Kier molecular flexibility index (Phi) is 3.77. The number of halogens is 1. The molecule has 1 aromatic rings. The van der Waals surface area contributed by atoms with E-state index in [2.05, 4.69) is 5.32 Å². The van der Waals surface area contributed by atoms with Crippen molar-refractivity contribution in [3.8, 4) is 0 Å². The topological polar surface area (TPSA) is 49.3 Å². The first-order valence-electron chi connectivity index (χ1n) is 6.01. The Bertz CT molecular complexity index is 467. The zero-order chi connectivity index (χ0) is 13.0. The average Bonchev–Trinajstić information content (AvgIpc) is 2.31. The van der Waals surface area contributed by atoms with E-state index in [1.165, 1.54) is 18.2 Å². The molecule has 96 valence electrons. The molecule has 18 heavy (non-hydrogen) atoms. The first-order valence-corrected chi connectivity index (χ1v) is 6.01. The fraction of sp³-hybridized carbons (Fsp3) is 0.357. The van der Waals surface area contributed by atoms with Crippen LogP contribution in [0.1, 0.15) is 24.8 Å². The Labute approximate surface area is 105 Å². The molecule has 0 bridgehead atoms. The Morgan fingerprint density at radius 3 is 2.89 bits per heavy atom. The quantitative estimate of drug-likeness (QED) is 0.800. The second kappa shape index (κ2) is 5.31. The lowest BCUT2D eigenvalue weighted by molar-refractivity contribution is -0.118. The molecule has 0 atom stereocenters. The van der Waals surface area contributed by atoms with Crippen molar-refractivity contribution in [1.29, 1.82) is 0 Å². The largest absolute Gasteiger partial charge is 0.388 e. The minimum absolute atomic E-state index is 0.277. The van der Waals surface area contributed by atoms with Crippen molar-refractivity contribution in [2.75, 3.05) is 6.54 Å². The summed E-state index contributed by atoms with van der Waals surface area (Å²) >= 11 is 0. The molecule has 0 radical (unpaired) electrons. The van der Waals surface area contributed by atoms with E-state index in [0.29, 0.717) is 5.56 Å². The van der Waals surface area contributed by atoms with Gasteiger partial charge in [-0.2, -0.15) is 0 Å². The van der Waals surface area contributed by atoms with Gasteiger partial charge in [0.05, 0.1) is 5.60 Å². The lowest BCUT2D eigenvalue weighted by atomic mass is 9.80. The lowest BCUT2D eigenvalue weighted by Crippen LogP contribution is -2.47. The summed E-state index contributed by atoms with van der Waals surface area (Å²) in [5, 5.41) is 12.4. The molecule has 1 aliphatic rings. The average molecular weight is 249 g/mol. The highest BCUT2D eigenvalue weighted by molar-refractivity contribution is 5.91. The molecule has 0 unspecified atom stereocenters. The van der Waals surface area contributed by atoms with Gasteiger partial charge >= 0.3 is 0 Å². The maximum Gasteiger partial charge on any atom is 0.244 e. The maximum atomic E-state index is 12.9. The maximum absolute atomic E-state index is 12.9. The molecule has 1 aromatic carbocycles. The van der Waals surface area contributed by atoms with Crippen LogP contribution in [0.3, 0.4) is 0 Å². The van der Waals surface area contributed by atoms with E-state index in [0.717, 1.165) is 19.3 Å². The normalized spacial score (nSPS) is 17.4. The molecule has 3 nitrogen and oxygen atoms in total. The third-order valence-electron chi connectivity index (χ3n) is 3.15. The zero-order valence-corrected chi connectivity index (χ0v) is 10.0. The van der Waals surface area contributed by atoms with Crippen LogP contribution in [-0.2, 0) is 4.79 Å². The molecule has 2 rings (SSSR count). The van der Waals surface area contributed by atoms with Gasteiger partial charge in [-0.3, -0.25) is 4.79 Å². The van der Waals surface area contributed by atoms with Crippen LogP contribution in [0.4, 0.5) is 4.39 Å². The number of hydrogen-bond donors (Lipinski definition) is 2. The summed E-state index contributed by atoms with van der Waals surface area (Å²) in [7, 11) is 0. The molecule has 1 aliphatic carbocycles. The minimum Gasteiger partial charge on any atom is -0.388 e. The third-order valence-corrected chi connectivity index (χ3v) is 3.15. The van der Waals surface area contributed by atoms with Crippen molar-refractivity contribution < 1.29 is 14.3 Å². The van der Waals surface area contributed by atoms with Gasteiger partial charge in [-0.05, 0) is 43.0 Å². The Balaban J connectivity index is 1.83. The molecule has 0 aromatic heterocycles. The standard InChI is InChI=1S/C14H16FNO2/c15-12-4-1-3-11(9-12)5-6-13(17)16-10-14(18)7-2-8-14/h1,3-6,9,18H,2,7-8,10H2,(H,16,17)/b6-5+. The highest BCUT2D eigenvalue weighted by Gasteiger charge is 2.34. The fourth-order valence-corrected chi connectivity index (χ4v) is 1.85. The molecule has 0 saturated heterocycles. The van der Waals surface area contributed by atoms with Gasteiger partial charge in [-0.15, -0.1) is 0 Å². The van der Waals surface area contributed by atoms with Crippen molar-refractivity contribution >= 4 is 12.0 Å². The molecule has 0 heterocycles. The Morgan fingerprint density at radius 2 is 2.28 bits per heavy atom. The van der Waals surface area contributed by atoms with E-state index in [1.54, 1.807) is 18.2 Å². The molecular weight excluding hydrogens is 233 g/mol. The summed E-state index contributed by atoms with van der Waals surface area (Å²) < 4.78 is 12.9. The van der Waals surface area contributed by atoms with Crippen molar-refractivity contribution in [3.05, 3.63) is 41.7 Å². The van der Waals surface area contributed by atoms with E-state index in [9.17, 15) is 14.3 Å². The van der Waals surface area contributed by atoms with Crippen LogP contribution >= 0.6 is 0 Å². The molecule has 1 fully saturated rings. The van der Waals surface area contributed by atoms with Crippen LogP contribution in [0.25, 0.3) is 6.08 Å². The molecular formula is C14H16FNO2. The number of carbonyl (C=O) groups is 1. The van der Waals surface area contributed by atoms with E-state index < -0.39 is 5.60 Å². The van der Waals surface area contributed by atoms with E-state index >= 15 is 0 Å². The van der Waals surface area contributed by atoms with Crippen molar-refractivity contribution in [3.63, 3.8) is 0 Å². The number of rotatable bonds is 4. The number of amides is 1. The van der Waals surface area contributed by atoms with Crippen LogP contribution in [0.2, 0.25) is 0 Å². The molecule has 0 spiro atoms. The van der Waals surface area contributed by atoms with Gasteiger partial charge in [0.15, 0.2) is 0 Å². The number of nitrogens with one attached hydrogen (secondary N) is 1. The number of aliphatic hydroxyl groups is 1. The summed E-state index contributed by atoms with van der Waals surface area (Å²) in [5.74, 6) is -0.610. The molecule has 0 aliphatic heterocycles. The van der Waals surface area contributed by atoms with Gasteiger partial charge in [-0.1, -0.05) is 12.1 Å². The fourth-order valence-electron chi connectivity index (χ4n) is 1.85. The van der Waals surface area contributed by atoms with Gasteiger partial charge < -0.3 is 10.4 Å². The van der Waals surface area contributed by atoms with Crippen molar-refractivity contribution in [2.45, 2.75) is 24.9 Å². The molecule has 1 saturated carbocycles. The zero-order valence-electron chi connectivity index (χ0n) is 10.0. The van der Waals surface area contributed by atoms with Crippen LogP contribution in [-0.4, -0.2) is 23.2 Å². The number of hydrogen-bond acceptors (Lipinski definition) is 2. The monoisotopic (exact) mass is 249 g/mol. The first-order chi connectivity index (χ1) is 8.57. The van der Waals surface area contributed by atoms with Gasteiger partial charge in [0.2, 0.25) is 5.91 Å². The van der Waals surface area contributed by atoms with E-state index in [4.69, 9.17) is 0 Å². The summed E-state index contributed by atoms with van der Waals surface area (Å²) in [6.45, 7) is 0.277. The van der Waals surface area contributed by atoms with Gasteiger partial charge in [0.1, 0.15) is 5.82 Å². The van der Waals surface area contributed by atoms with E-state index in [-0.39, 0.29) is 18.3 Å². The molecule has 2 N–H and O–H groups in total. The third kappa shape index (κ3) is 3.40. The summed E-state index contributed by atoms with van der Waals surface area (Å²) in [4.78, 5) is 11.5. The lowest BCUT2D eigenvalue weighted by Gasteiger charge is -2.36. The SMILES string of the molecule is O=C(/C=C/c1cccc(F)c1)NCC1(O)CCC1. The Morgan fingerprint density at radius 1 is 1.50 bits per heavy atom. The van der Waals surface area contributed by atoms with Crippen molar-refractivity contribution in [2.24, 2.45) is 0 Å². The molecule has 1 amide bonds. The van der Waals surface area contributed by atoms with E-state index in [1.807, 2.05) is 0 Å². The molecule has 4 heteroatoms. The second-order valence-electron chi connectivity index (χ2n) is 4.68. The van der Waals surface area contributed by atoms with Crippen LogP contribution in [0, 0.1) is 5.82 Å². The highest BCUT2D eigenvalue weighted by Crippen LogP contribution is 2.30. The van der Waals surface area contributed by atoms with Crippen LogP contribution < -0.4 is 5.32 Å². The van der Waals surface area contributed by atoms with Gasteiger partial charge in [0, 0.05) is 12.6 Å². The highest BCUT2D eigenvalue weighted by atomic mass is 19.1. The predicted molar refractivity (Wildman–Crippen MR) is 67.2 cm³/mol. The number of carbonyl (C=O) groups excluding carboxylic acids is 1. The summed E-state index contributed by atoms with van der Waals surface area (Å²) in [6.07, 6.45) is 5.37. The minimum atomic E-state index is -0.720. The second-order valence-corrected chi connectivity index (χ2v) is 4.68. The summed E-state index contributed by atoms with van der Waals surface area (Å²) in [6, 6.07) is 6.00. The predicted octanol–water partition coefficient (Wildman–Crippen LogP) is 1.87. The van der Waals surface area contributed by atoms with Gasteiger partial charge in [-0.25, -0.2) is 4.39 Å². The van der Waals surface area contributed by atoms with Gasteiger partial charge in [0.25, 0.3) is 0 Å². The van der Waals surface area contributed by atoms with Crippen LogP contribution in [0.5, 0.6) is 0 Å². The van der Waals surface area contributed by atoms with Crippen molar-refractivity contribution in [1.82, 2.24) is 5.32 Å². The number of benzene rings is 1. The van der Waals surface area contributed by atoms with Crippen LogP contribution in [0.15, 0.2) is 30.3 Å². The smallest absolute Gasteiger partial charge is 0.244 e. The first kappa shape index (κ1) is 12.8. The Hall–Kier alpha value is -1.68.